The number of fused-ring (bicyclic) bond motifs is 1. The zero-order chi connectivity index (χ0) is 22.8. The van der Waals surface area contributed by atoms with Crippen molar-refractivity contribution in [2.75, 3.05) is 6.26 Å². The Kier molecular flexibility index (Phi) is 5.44. The van der Waals surface area contributed by atoms with Gasteiger partial charge in [0.1, 0.15) is 12.4 Å². The molecule has 0 amide bonds. The first-order valence-corrected chi connectivity index (χ1v) is 12.4. The van der Waals surface area contributed by atoms with Crippen LogP contribution in [0.25, 0.3) is 33.3 Å². The third kappa shape index (κ3) is 4.66. The third-order valence-electron chi connectivity index (χ3n) is 5.51. The molecule has 6 heteroatoms. The molecule has 5 nitrogen and oxygen atoms in total. The van der Waals surface area contributed by atoms with Gasteiger partial charge in [0.15, 0.2) is 9.84 Å². The summed E-state index contributed by atoms with van der Waals surface area (Å²) >= 11 is 0. The Morgan fingerprint density at radius 1 is 0.818 bits per heavy atom. The standard InChI is InChI=1S/C27H22N2O3S/c1-33(30,31)25-10-7-20(8-11-25)22-13-23(17-28-16-22)27-15-21-14-24(9-12-26(21)29-27)32-18-19-5-3-2-4-6-19/h2-17,29H,18H2,1H3. The molecule has 0 aliphatic rings. The van der Waals surface area contributed by atoms with Crippen molar-refractivity contribution in [2.24, 2.45) is 0 Å². The Morgan fingerprint density at radius 2 is 1.58 bits per heavy atom. The van der Waals surface area contributed by atoms with Gasteiger partial charge < -0.3 is 9.72 Å². The van der Waals surface area contributed by atoms with E-state index in [0.717, 1.165) is 44.6 Å². The van der Waals surface area contributed by atoms with Crippen LogP contribution in [0.3, 0.4) is 0 Å². The van der Waals surface area contributed by atoms with Crippen molar-refractivity contribution in [3.8, 4) is 28.1 Å². The monoisotopic (exact) mass is 454 g/mol. The largest absolute Gasteiger partial charge is 0.489 e. The Bertz CT molecular complexity index is 1520. The van der Waals surface area contributed by atoms with E-state index < -0.39 is 9.84 Å². The van der Waals surface area contributed by atoms with Crippen molar-refractivity contribution in [3.05, 3.63) is 103 Å². The summed E-state index contributed by atoms with van der Waals surface area (Å²) in [5, 5.41) is 1.05. The number of H-pyrrole nitrogens is 1. The van der Waals surface area contributed by atoms with E-state index in [1.165, 1.54) is 6.26 Å². The van der Waals surface area contributed by atoms with Gasteiger partial charge in [-0.2, -0.15) is 0 Å². The van der Waals surface area contributed by atoms with Crippen molar-refractivity contribution < 1.29 is 13.2 Å². The fourth-order valence-electron chi connectivity index (χ4n) is 3.74. The lowest BCUT2D eigenvalue weighted by Crippen LogP contribution is -1.96. The molecule has 0 fully saturated rings. The van der Waals surface area contributed by atoms with Crippen LogP contribution in [-0.4, -0.2) is 24.6 Å². The maximum absolute atomic E-state index is 11.7. The number of pyridine rings is 1. The second kappa shape index (κ2) is 8.56. The highest BCUT2D eigenvalue weighted by molar-refractivity contribution is 7.90. The molecule has 0 bridgehead atoms. The van der Waals surface area contributed by atoms with Crippen LogP contribution in [0.4, 0.5) is 0 Å². The summed E-state index contributed by atoms with van der Waals surface area (Å²) in [6, 6.07) is 27.1. The number of hydrogen-bond donors (Lipinski definition) is 1. The predicted octanol–water partition coefficient (Wildman–Crippen LogP) is 5.88. The molecule has 0 saturated heterocycles. The molecular weight excluding hydrogens is 432 g/mol. The number of aromatic nitrogens is 2. The highest BCUT2D eigenvalue weighted by Gasteiger charge is 2.10. The minimum absolute atomic E-state index is 0.302. The molecular formula is C27H22N2O3S. The van der Waals surface area contributed by atoms with E-state index in [1.54, 1.807) is 30.5 Å². The highest BCUT2D eigenvalue weighted by Crippen LogP contribution is 2.30. The Morgan fingerprint density at radius 3 is 2.33 bits per heavy atom. The fraction of sp³-hybridized carbons (Fsp3) is 0.0741. The summed E-state index contributed by atoms with van der Waals surface area (Å²) in [6.07, 6.45) is 4.79. The Labute approximate surface area is 192 Å². The molecule has 0 radical (unpaired) electrons. The molecule has 1 N–H and O–H groups in total. The van der Waals surface area contributed by atoms with E-state index in [9.17, 15) is 8.42 Å². The van der Waals surface area contributed by atoms with Gasteiger partial charge in [-0.15, -0.1) is 0 Å². The number of sulfone groups is 1. The van der Waals surface area contributed by atoms with Gasteiger partial charge in [-0.3, -0.25) is 4.98 Å². The zero-order valence-corrected chi connectivity index (χ0v) is 18.8. The van der Waals surface area contributed by atoms with Crippen molar-refractivity contribution in [1.82, 2.24) is 9.97 Å². The van der Waals surface area contributed by atoms with E-state index in [1.807, 2.05) is 60.8 Å². The van der Waals surface area contributed by atoms with E-state index >= 15 is 0 Å². The lowest BCUT2D eigenvalue weighted by Gasteiger charge is -2.06. The minimum atomic E-state index is -3.22. The number of hydrogen-bond acceptors (Lipinski definition) is 4. The summed E-state index contributed by atoms with van der Waals surface area (Å²) in [7, 11) is -3.22. The molecule has 2 aromatic heterocycles. The molecule has 0 spiro atoms. The van der Waals surface area contributed by atoms with Gasteiger partial charge in [-0.25, -0.2) is 8.42 Å². The topological polar surface area (TPSA) is 72.1 Å². The Hall–Kier alpha value is -3.90. The van der Waals surface area contributed by atoms with Gasteiger partial charge in [0.25, 0.3) is 0 Å². The van der Waals surface area contributed by atoms with Crippen LogP contribution in [0.5, 0.6) is 5.75 Å². The quantitative estimate of drug-likeness (QED) is 0.348. The van der Waals surface area contributed by atoms with Gasteiger partial charge in [0.2, 0.25) is 0 Å². The minimum Gasteiger partial charge on any atom is -0.489 e. The molecule has 5 aromatic rings. The van der Waals surface area contributed by atoms with Crippen LogP contribution in [0.15, 0.2) is 102 Å². The molecule has 164 valence electrons. The summed E-state index contributed by atoms with van der Waals surface area (Å²) in [6.45, 7) is 0.522. The fourth-order valence-corrected chi connectivity index (χ4v) is 4.37. The average molecular weight is 455 g/mol. The molecule has 0 saturated carbocycles. The van der Waals surface area contributed by atoms with Gasteiger partial charge in [0.05, 0.1) is 4.90 Å². The second-order valence-electron chi connectivity index (χ2n) is 7.97. The first kappa shape index (κ1) is 21.0. The first-order valence-electron chi connectivity index (χ1n) is 10.5. The average Bonchev–Trinajstić information content (AvgIpc) is 3.27. The van der Waals surface area contributed by atoms with E-state index in [-0.39, 0.29) is 0 Å². The number of rotatable bonds is 6. The summed E-state index contributed by atoms with van der Waals surface area (Å²) in [5.41, 5.74) is 5.86. The molecule has 0 atom stereocenters. The van der Waals surface area contributed by atoms with Gasteiger partial charge >= 0.3 is 0 Å². The maximum atomic E-state index is 11.7. The number of nitrogens with zero attached hydrogens (tertiary/aromatic N) is 1. The summed E-state index contributed by atoms with van der Waals surface area (Å²) < 4.78 is 29.4. The van der Waals surface area contributed by atoms with Crippen LogP contribution in [0.1, 0.15) is 5.56 Å². The van der Waals surface area contributed by atoms with Crippen LogP contribution < -0.4 is 4.74 Å². The maximum Gasteiger partial charge on any atom is 0.175 e. The van der Waals surface area contributed by atoms with Gasteiger partial charge in [0, 0.05) is 46.4 Å². The molecule has 5 rings (SSSR count). The highest BCUT2D eigenvalue weighted by atomic mass is 32.2. The van der Waals surface area contributed by atoms with Gasteiger partial charge in [-0.1, -0.05) is 42.5 Å². The van der Waals surface area contributed by atoms with Crippen molar-refractivity contribution in [1.29, 1.82) is 0 Å². The number of nitrogens with one attached hydrogen (secondary N) is 1. The molecule has 33 heavy (non-hydrogen) atoms. The smallest absolute Gasteiger partial charge is 0.175 e. The van der Waals surface area contributed by atoms with E-state index in [0.29, 0.717) is 11.5 Å². The lowest BCUT2D eigenvalue weighted by atomic mass is 10.1. The first-order chi connectivity index (χ1) is 16.0. The normalized spacial score (nSPS) is 11.5. The molecule has 0 aliphatic carbocycles. The van der Waals surface area contributed by atoms with Crippen LogP contribution in [0, 0.1) is 0 Å². The van der Waals surface area contributed by atoms with E-state index in [4.69, 9.17) is 4.74 Å². The SMILES string of the molecule is CS(=O)(=O)c1ccc(-c2cncc(-c3cc4cc(OCc5ccccc5)ccc4[nH]3)c2)cc1. The van der Waals surface area contributed by atoms with E-state index in [2.05, 4.69) is 16.0 Å². The lowest BCUT2D eigenvalue weighted by molar-refractivity contribution is 0.306. The predicted molar refractivity (Wildman–Crippen MR) is 131 cm³/mol. The molecule has 3 aromatic carbocycles. The number of benzene rings is 3. The Balaban J connectivity index is 1.40. The second-order valence-corrected chi connectivity index (χ2v) is 9.98. The molecule has 0 unspecified atom stereocenters. The van der Waals surface area contributed by atoms with Crippen LogP contribution in [-0.2, 0) is 16.4 Å². The van der Waals surface area contributed by atoms with Crippen molar-refractivity contribution in [2.45, 2.75) is 11.5 Å². The third-order valence-corrected chi connectivity index (χ3v) is 6.63. The number of ether oxygens (including phenoxy) is 1. The zero-order valence-electron chi connectivity index (χ0n) is 18.0. The van der Waals surface area contributed by atoms with Crippen molar-refractivity contribution in [3.63, 3.8) is 0 Å². The summed E-state index contributed by atoms with van der Waals surface area (Å²) in [5.74, 6) is 0.815. The molecule has 2 heterocycles. The van der Waals surface area contributed by atoms with Crippen LogP contribution in [0.2, 0.25) is 0 Å². The molecule has 0 aliphatic heterocycles. The summed E-state index contributed by atoms with van der Waals surface area (Å²) in [4.78, 5) is 8.14. The van der Waals surface area contributed by atoms with Gasteiger partial charge in [-0.05, 0) is 53.6 Å². The van der Waals surface area contributed by atoms with Crippen LogP contribution >= 0.6 is 0 Å². The number of aromatic amines is 1. The van der Waals surface area contributed by atoms with Crippen molar-refractivity contribution >= 4 is 20.7 Å².